The lowest BCUT2D eigenvalue weighted by atomic mass is 10.4. The molecular formula is C10H15NO3S2. The van der Waals surface area contributed by atoms with E-state index in [4.69, 9.17) is 5.73 Å². The summed E-state index contributed by atoms with van der Waals surface area (Å²) in [7, 11) is -4.36. The molecule has 0 saturated heterocycles. The zero-order chi connectivity index (χ0) is 12.3. The third-order valence-electron chi connectivity index (χ3n) is 1.93. The van der Waals surface area contributed by atoms with E-state index in [1.807, 2.05) is 0 Å². The molecule has 0 spiro atoms. The molecule has 90 valence electrons. The largest absolute Gasteiger partial charge is 0.327 e. The summed E-state index contributed by atoms with van der Waals surface area (Å²) in [4.78, 5) is 0.832. The predicted molar refractivity (Wildman–Crippen MR) is 64.5 cm³/mol. The first-order valence-corrected chi connectivity index (χ1v) is 7.96. The van der Waals surface area contributed by atoms with Gasteiger partial charge < -0.3 is 5.73 Å². The third-order valence-corrected chi connectivity index (χ3v) is 4.68. The Hall–Kier alpha value is -0.720. The summed E-state index contributed by atoms with van der Waals surface area (Å²) in [5.74, 6) is 0.373. The molecule has 16 heavy (non-hydrogen) atoms. The Morgan fingerprint density at radius 3 is 2.19 bits per heavy atom. The van der Waals surface area contributed by atoms with E-state index >= 15 is 0 Å². The lowest BCUT2D eigenvalue weighted by Gasteiger charge is -2.05. The highest BCUT2D eigenvalue weighted by Crippen LogP contribution is 2.13. The molecule has 0 bridgehead atoms. The van der Waals surface area contributed by atoms with Gasteiger partial charge in [0.1, 0.15) is 0 Å². The van der Waals surface area contributed by atoms with E-state index in [0.717, 1.165) is 6.26 Å². The Morgan fingerprint density at radius 1 is 1.31 bits per heavy atom. The Balaban J connectivity index is 2.92. The normalized spacial score (nSPS) is 15.7. The van der Waals surface area contributed by atoms with Gasteiger partial charge in [-0.25, -0.2) is 8.42 Å². The molecule has 1 rings (SSSR count). The van der Waals surface area contributed by atoms with Crippen molar-refractivity contribution >= 4 is 20.6 Å². The molecule has 0 aliphatic heterocycles. The van der Waals surface area contributed by atoms with Crippen LogP contribution in [0.15, 0.2) is 34.1 Å². The smallest absolute Gasteiger partial charge is 0.175 e. The van der Waals surface area contributed by atoms with Crippen molar-refractivity contribution < 1.29 is 12.6 Å². The maximum atomic E-state index is 11.7. The first-order chi connectivity index (χ1) is 7.30. The van der Waals surface area contributed by atoms with Gasteiger partial charge in [-0.3, -0.25) is 4.21 Å². The molecule has 6 heteroatoms. The van der Waals surface area contributed by atoms with E-state index in [0.29, 0.717) is 10.6 Å². The fraction of sp³-hybridized carbons (Fsp3) is 0.400. The van der Waals surface area contributed by atoms with Crippen LogP contribution in [0.3, 0.4) is 0 Å². The van der Waals surface area contributed by atoms with Crippen molar-refractivity contribution in [1.82, 2.24) is 0 Å². The molecule has 2 N–H and O–H groups in total. The molecule has 4 nitrogen and oxygen atoms in total. The quantitative estimate of drug-likeness (QED) is 0.858. The van der Waals surface area contributed by atoms with E-state index in [1.165, 1.54) is 12.1 Å². The topological polar surface area (TPSA) is 77.2 Å². The number of hydrogen-bond donors (Lipinski definition) is 1. The fourth-order valence-electron chi connectivity index (χ4n) is 1.17. The van der Waals surface area contributed by atoms with Crippen molar-refractivity contribution in [1.29, 1.82) is 0 Å². The maximum absolute atomic E-state index is 11.7. The van der Waals surface area contributed by atoms with Crippen LogP contribution in [0.2, 0.25) is 0 Å². The second-order valence-electron chi connectivity index (χ2n) is 3.73. The highest BCUT2D eigenvalue weighted by Gasteiger charge is 2.10. The minimum atomic E-state index is -3.19. The molecule has 2 unspecified atom stereocenters. The Kier molecular flexibility index (Phi) is 4.23. The average Bonchev–Trinajstić information content (AvgIpc) is 2.15. The Labute approximate surface area is 98.2 Å². The Bertz CT molecular complexity index is 477. The third kappa shape index (κ3) is 3.70. The molecule has 0 aromatic heterocycles. The summed E-state index contributed by atoms with van der Waals surface area (Å²) in [6, 6.07) is 5.91. The van der Waals surface area contributed by atoms with Gasteiger partial charge in [0.25, 0.3) is 0 Å². The van der Waals surface area contributed by atoms with Crippen LogP contribution in [-0.4, -0.2) is 30.7 Å². The second kappa shape index (κ2) is 5.07. The predicted octanol–water partition coefficient (Wildman–Crippen LogP) is 0.545. The van der Waals surface area contributed by atoms with Crippen LogP contribution in [0.1, 0.15) is 6.92 Å². The molecule has 0 aliphatic carbocycles. The van der Waals surface area contributed by atoms with Crippen LogP contribution in [-0.2, 0) is 20.6 Å². The maximum Gasteiger partial charge on any atom is 0.175 e. The molecule has 0 aliphatic rings. The van der Waals surface area contributed by atoms with E-state index in [1.54, 1.807) is 19.1 Å². The molecule has 2 atom stereocenters. The van der Waals surface area contributed by atoms with Crippen LogP contribution in [0.5, 0.6) is 0 Å². The van der Waals surface area contributed by atoms with Crippen molar-refractivity contribution in [3.8, 4) is 0 Å². The van der Waals surface area contributed by atoms with Crippen molar-refractivity contribution in [2.75, 3.05) is 12.0 Å². The zero-order valence-corrected chi connectivity index (χ0v) is 10.8. The summed E-state index contributed by atoms with van der Waals surface area (Å²) >= 11 is 0. The van der Waals surface area contributed by atoms with Gasteiger partial charge in [-0.1, -0.05) is 0 Å². The molecule has 0 amide bonds. The van der Waals surface area contributed by atoms with Gasteiger partial charge in [0.15, 0.2) is 9.84 Å². The summed E-state index contributed by atoms with van der Waals surface area (Å²) in [6.45, 7) is 1.78. The van der Waals surface area contributed by atoms with Crippen LogP contribution in [0.4, 0.5) is 0 Å². The summed E-state index contributed by atoms with van der Waals surface area (Å²) < 4.78 is 34.1. The van der Waals surface area contributed by atoms with E-state index in [-0.39, 0.29) is 10.9 Å². The molecule has 0 fully saturated rings. The Morgan fingerprint density at radius 2 is 1.81 bits per heavy atom. The van der Waals surface area contributed by atoms with E-state index < -0.39 is 20.6 Å². The second-order valence-corrected chi connectivity index (χ2v) is 7.24. The van der Waals surface area contributed by atoms with Gasteiger partial charge in [0.2, 0.25) is 0 Å². The van der Waals surface area contributed by atoms with Crippen LogP contribution in [0, 0.1) is 0 Å². The number of hydrogen-bond acceptors (Lipinski definition) is 4. The number of nitrogens with two attached hydrogens (primary N) is 1. The van der Waals surface area contributed by atoms with E-state index in [2.05, 4.69) is 0 Å². The molecular weight excluding hydrogens is 246 g/mol. The van der Waals surface area contributed by atoms with Crippen molar-refractivity contribution in [2.24, 2.45) is 5.73 Å². The van der Waals surface area contributed by atoms with Gasteiger partial charge in [0.05, 0.1) is 15.7 Å². The van der Waals surface area contributed by atoms with Crippen molar-refractivity contribution in [3.63, 3.8) is 0 Å². The summed E-state index contributed by atoms with van der Waals surface area (Å²) in [5.41, 5.74) is 5.54. The van der Waals surface area contributed by atoms with Gasteiger partial charge in [-0.05, 0) is 31.2 Å². The zero-order valence-electron chi connectivity index (χ0n) is 9.21. The first-order valence-electron chi connectivity index (χ1n) is 4.75. The van der Waals surface area contributed by atoms with Crippen LogP contribution in [0.25, 0.3) is 0 Å². The number of benzene rings is 1. The molecule has 0 saturated carbocycles. The molecule has 1 aromatic carbocycles. The molecule has 0 heterocycles. The van der Waals surface area contributed by atoms with Gasteiger partial charge in [-0.2, -0.15) is 0 Å². The number of sulfone groups is 1. The molecule has 1 aromatic rings. The van der Waals surface area contributed by atoms with E-state index in [9.17, 15) is 12.6 Å². The van der Waals surface area contributed by atoms with Gasteiger partial charge in [-0.15, -0.1) is 0 Å². The van der Waals surface area contributed by atoms with Gasteiger partial charge >= 0.3 is 0 Å². The highest BCUT2D eigenvalue weighted by molar-refractivity contribution is 7.90. The number of rotatable bonds is 4. The SMILES string of the molecule is CC(N)CS(=O)c1ccc(S(C)(=O)=O)cc1. The van der Waals surface area contributed by atoms with Gasteiger partial charge in [0, 0.05) is 22.9 Å². The monoisotopic (exact) mass is 261 g/mol. The fourth-order valence-corrected chi connectivity index (χ4v) is 2.91. The lowest BCUT2D eigenvalue weighted by Crippen LogP contribution is -2.22. The summed E-state index contributed by atoms with van der Waals surface area (Å²) in [6.07, 6.45) is 1.14. The first kappa shape index (κ1) is 13.3. The lowest BCUT2D eigenvalue weighted by molar-refractivity contribution is 0.601. The average molecular weight is 261 g/mol. The minimum Gasteiger partial charge on any atom is -0.327 e. The molecule has 0 radical (unpaired) electrons. The summed E-state index contributed by atoms with van der Waals surface area (Å²) in [5, 5.41) is 0. The van der Waals surface area contributed by atoms with Crippen molar-refractivity contribution in [2.45, 2.75) is 22.8 Å². The standard InChI is InChI=1S/C10H15NO3S2/c1-8(11)7-15(12)9-3-5-10(6-4-9)16(2,13)14/h3-6,8H,7,11H2,1-2H3. The van der Waals surface area contributed by atoms with Crippen LogP contribution >= 0.6 is 0 Å². The highest BCUT2D eigenvalue weighted by atomic mass is 32.2. The van der Waals surface area contributed by atoms with Crippen molar-refractivity contribution in [3.05, 3.63) is 24.3 Å². The minimum absolute atomic E-state index is 0.143. The van der Waals surface area contributed by atoms with Crippen LogP contribution < -0.4 is 5.73 Å².